The normalized spacial score (nSPS) is 17.5. The van der Waals surface area contributed by atoms with Gasteiger partial charge in [-0.05, 0) is 25.0 Å². The number of amides is 1. The van der Waals surface area contributed by atoms with Gasteiger partial charge in [0.15, 0.2) is 5.82 Å². The smallest absolute Gasteiger partial charge is 0.229 e. The Kier molecular flexibility index (Phi) is 4.05. The molecule has 1 atom stereocenters. The van der Waals surface area contributed by atoms with E-state index in [1.54, 1.807) is 17.4 Å². The van der Waals surface area contributed by atoms with Gasteiger partial charge in [-0.2, -0.15) is 5.10 Å². The van der Waals surface area contributed by atoms with E-state index in [1.807, 2.05) is 24.3 Å². The Labute approximate surface area is 144 Å². The summed E-state index contributed by atoms with van der Waals surface area (Å²) in [7, 11) is 0. The zero-order chi connectivity index (χ0) is 17.2. The second-order valence-corrected chi connectivity index (χ2v) is 6.39. The van der Waals surface area contributed by atoms with Crippen molar-refractivity contribution in [2.45, 2.75) is 25.7 Å². The molecule has 0 radical (unpaired) electrons. The average molecular weight is 337 g/mol. The van der Waals surface area contributed by atoms with Gasteiger partial charge in [-0.25, -0.2) is 4.98 Å². The van der Waals surface area contributed by atoms with Gasteiger partial charge in [-0.1, -0.05) is 12.1 Å². The van der Waals surface area contributed by atoms with Crippen LogP contribution in [0.5, 0.6) is 0 Å². The highest BCUT2D eigenvalue weighted by Crippen LogP contribution is 2.30. The summed E-state index contributed by atoms with van der Waals surface area (Å²) < 4.78 is 0. The maximum absolute atomic E-state index is 12.5. The fraction of sp³-hybridized carbons (Fsp3) is 0.333. The van der Waals surface area contributed by atoms with Crippen molar-refractivity contribution in [1.82, 2.24) is 20.2 Å². The van der Waals surface area contributed by atoms with E-state index in [2.05, 4.69) is 20.2 Å². The Hall–Kier alpha value is -2.96. The number of fused-ring (bicyclic) bond motifs is 1. The number of hydrogen-bond acceptors (Lipinski definition) is 4. The van der Waals surface area contributed by atoms with Crippen LogP contribution in [0.2, 0.25) is 0 Å². The van der Waals surface area contributed by atoms with Gasteiger partial charge < -0.3 is 4.98 Å². The summed E-state index contributed by atoms with van der Waals surface area (Å²) in [6.07, 6.45) is 5.71. The monoisotopic (exact) mass is 337 g/mol. The first-order valence-corrected chi connectivity index (χ1v) is 8.46. The number of carbonyl (C=O) groups is 2. The van der Waals surface area contributed by atoms with Crippen molar-refractivity contribution in [3.8, 4) is 0 Å². The lowest BCUT2D eigenvalue weighted by Crippen LogP contribution is -2.26. The van der Waals surface area contributed by atoms with E-state index in [0.717, 1.165) is 29.4 Å². The first kappa shape index (κ1) is 15.6. The van der Waals surface area contributed by atoms with E-state index >= 15 is 0 Å². The highest BCUT2D eigenvalue weighted by atomic mass is 16.2. The molecule has 0 aliphatic carbocycles. The van der Waals surface area contributed by atoms with Gasteiger partial charge in [0, 0.05) is 42.6 Å². The second kappa shape index (κ2) is 6.51. The third kappa shape index (κ3) is 3.05. The number of carbonyl (C=O) groups excluding carboxylic acids is 2. The molecule has 1 aliphatic heterocycles. The minimum Gasteiger partial charge on any atom is -0.348 e. The quantitative estimate of drug-likeness (QED) is 0.721. The number of nitrogens with zero attached hydrogens (tertiary/aromatic N) is 3. The zero-order valence-electron chi connectivity index (χ0n) is 13.7. The molecule has 0 spiro atoms. The first-order chi connectivity index (χ1) is 12.2. The number of rotatable bonds is 6. The standard InChI is InChI=1S/C18H19N5O2/c24-16(7-3-4-13-9-19-11-20-13)12-8-17(25)23(10-12)18-14-5-1-2-6-15(14)21-22-18/h1-2,5-6,9,11-12H,3-4,7-8,10H2,(H,19,20)(H,21,22). The molecule has 0 bridgehead atoms. The van der Waals surface area contributed by atoms with E-state index in [1.165, 1.54) is 0 Å². The summed E-state index contributed by atoms with van der Waals surface area (Å²) in [5.74, 6) is 0.484. The van der Waals surface area contributed by atoms with Crippen LogP contribution in [0.3, 0.4) is 0 Å². The molecule has 7 heteroatoms. The van der Waals surface area contributed by atoms with Crippen molar-refractivity contribution < 1.29 is 9.59 Å². The number of benzene rings is 1. The van der Waals surface area contributed by atoms with Gasteiger partial charge >= 0.3 is 0 Å². The third-order valence-electron chi connectivity index (χ3n) is 4.71. The minimum absolute atomic E-state index is 0.0378. The molecule has 3 aromatic rings. The maximum Gasteiger partial charge on any atom is 0.229 e. The van der Waals surface area contributed by atoms with Crippen LogP contribution in [0.1, 0.15) is 25.0 Å². The van der Waals surface area contributed by atoms with Crippen LogP contribution < -0.4 is 4.90 Å². The van der Waals surface area contributed by atoms with Crippen molar-refractivity contribution in [1.29, 1.82) is 0 Å². The van der Waals surface area contributed by atoms with Crippen LogP contribution >= 0.6 is 0 Å². The SMILES string of the molecule is O=C(CCCc1cnc[nH]1)C1CC(=O)N(c2n[nH]c3ccccc23)C1. The Morgan fingerprint density at radius 3 is 3.04 bits per heavy atom. The Morgan fingerprint density at radius 2 is 2.20 bits per heavy atom. The zero-order valence-corrected chi connectivity index (χ0v) is 13.7. The molecule has 1 aliphatic rings. The molecule has 1 fully saturated rings. The van der Waals surface area contributed by atoms with Crippen LogP contribution in [0.15, 0.2) is 36.8 Å². The fourth-order valence-electron chi connectivity index (χ4n) is 3.36. The summed E-state index contributed by atoms with van der Waals surface area (Å²) in [5.41, 5.74) is 1.92. The number of ketones is 1. The summed E-state index contributed by atoms with van der Waals surface area (Å²) in [6.45, 7) is 0.413. The number of aromatic amines is 2. The average Bonchev–Trinajstić information content (AvgIpc) is 3.34. The van der Waals surface area contributed by atoms with Gasteiger partial charge in [0.1, 0.15) is 5.78 Å². The van der Waals surface area contributed by atoms with Crippen LogP contribution in [-0.4, -0.2) is 38.4 Å². The molecule has 4 rings (SSSR count). The number of H-pyrrole nitrogens is 2. The number of nitrogens with one attached hydrogen (secondary N) is 2. The van der Waals surface area contributed by atoms with E-state index in [0.29, 0.717) is 18.8 Å². The largest absolute Gasteiger partial charge is 0.348 e. The molecular formula is C18H19N5O2. The number of hydrogen-bond donors (Lipinski definition) is 2. The number of imidazole rings is 1. The van der Waals surface area contributed by atoms with E-state index in [-0.39, 0.29) is 24.0 Å². The molecule has 1 unspecified atom stereocenters. The molecular weight excluding hydrogens is 318 g/mol. The molecule has 25 heavy (non-hydrogen) atoms. The number of aromatic nitrogens is 4. The fourth-order valence-corrected chi connectivity index (χ4v) is 3.36. The topological polar surface area (TPSA) is 94.7 Å². The van der Waals surface area contributed by atoms with Crippen LogP contribution in [0.4, 0.5) is 5.82 Å². The number of aryl methyl sites for hydroxylation is 1. The van der Waals surface area contributed by atoms with Gasteiger partial charge in [-0.3, -0.25) is 19.6 Å². The summed E-state index contributed by atoms with van der Waals surface area (Å²) in [4.78, 5) is 33.5. The van der Waals surface area contributed by atoms with Crippen LogP contribution in [-0.2, 0) is 16.0 Å². The minimum atomic E-state index is -0.246. The summed E-state index contributed by atoms with van der Waals surface area (Å²) in [6, 6.07) is 7.69. The molecule has 2 aromatic heterocycles. The highest BCUT2D eigenvalue weighted by molar-refractivity contribution is 6.05. The van der Waals surface area contributed by atoms with E-state index < -0.39 is 0 Å². The lowest BCUT2D eigenvalue weighted by atomic mass is 9.98. The third-order valence-corrected chi connectivity index (χ3v) is 4.71. The molecule has 3 heterocycles. The van der Waals surface area contributed by atoms with Gasteiger partial charge in [0.2, 0.25) is 5.91 Å². The van der Waals surface area contributed by atoms with Crippen LogP contribution in [0.25, 0.3) is 10.9 Å². The lowest BCUT2D eigenvalue weighted by molar-refractivity contribution is -0.124. The number of Topliss-reactive ketones (excluding diaryl/α,β-unsaturated/α-hetero) is 1. The molecule has 128 valence electrons. The molecule has 1 amide bonds. The lowest BCUT2D eigenvalue weighted by Gasteiger charge is -2.13. The van der Waals surface area contributed by atoms with Crippen molar-refractivity contribution in [3.05, 3.63) is 42.5 Å². The first-order valence-electron chi connectivity index (χ1n) is 8.46. The Morgan fingerprint density at radius 1 is 1.32 bits per heavy atom. The molecule has 2 N–H and O–H groups in total. The van der Waals surface area contributed by atoms with E-state index in [9.17, 15) is 9.59 Å². The summed E-state index contributed by atoms with van der Waals surface area (Å²) >= 11 is 0. The molecule has 7 nitrogen and oxygen atoms in total. The summed E-state index contributed by atoms with van der Waals surface area (Å²) in [5, 5.41) is 8.12. The van der Waals surface area contributed by atoms with Crippen molar-refractivity contribution in [2.24, 2.45) is 5.92 Å². The predicted molar refractivity (Wildman–Crippen MR) is 93.1 cm³/mol. The van der Waals surface area contributed by atoms with E-state index in [4.69, 9.17) is 0 Å². The maximum atomic E-state index is 12.5. The predicted octanol–water partition coefficient (Wildman–Crippen LogP) is 2.23. The number of anilines is 1. The van der Waals surface area contributed by atoms with Gasteiger partial charge in [-0.15, -0.1) is 0 Å². The van der Waals surface area contributed by atoms with Gasteiger partial charge in [0.25, 0.3) is 0 Å². The molecule has 1 saturated heterocycles. The molecule has 0 saturated carbocycles. The van der Waals surface area contributed by atoms with Crippen molar-refractivity contribution in [2.75, 3.05) is 11.4 Å². The van der Waals surface area contributed by atoms with Crippen LogP contribution in [0, 0.1) is 5.92 Å². The van der Waals surface area contributed by atoms with Crippen molar-refractivity contribution >= 4 is 28.4 Å². The highest BCUT2D eigenvalue weighted by Gasteiger charge is 2.36. The van der Waals surface area contributed by atoms with Crippen molar-refractivity contribution in [3.63, 3.8) is 0 Å². The van der Waals surface area contributed by atoms with Gasteiger partial charge in [0.05, 0.1) is 11.8 Å². The molecule has 1 aromatic carbocycles. The Balaban J connectivity index is 1.40. The number of para-hydroxylation sites is 1. The Bertz CT molecular complexity index is 899. The second-order valence-electron chi connectivity index (χ2n) is 6.39.